The number of benzene rings is 1. The first-order valence-corrected chi connectivity index (χ1v) is 6.49. The van der Waals surface area contributed by atoms with E-state index in [1.807, 2.05) is 24.3 Å². The van der Waals surface area contributed by atoms with Gasteiger partial charge in [-0.1, -0.05) is 12.1 Å². The van der Waals surface area contributed by atoms with Crippen molar-refractivity contribution in [1.29, 1.82) is 0 Å². The topological polar surface area (TPSA) is 40.2 Å². The summed E-state index contributed by atoms with van der Waals surface area (Å²) in [5.41, 5.74) is 0. The fourth-order valence-electron chi connectivity index (χ4n) is 1.99. The summed E-state index contributed by atoms with van der Waals surface area (Å²) < 4.78 is 22.1. The van der Waals surface area contributed by atoms with Crippen LogP contribution in [0.5, 0.6) is 11.5 Å². The molecule has 0 aromatic heterocycles. The largest absolute Gasteiger partial charge is 0.487 e. The Labute approximate surface area is 107 Å². The summed E-state index contributed by atoms with van der Waals surface area (Å²) in [7, 11) is 0. The average molecular weight is 250 g/mol. The summed E-state index contributed by atoms with van der Waals surface area (Å²) in [6, 6.07) is 7.75. The molecule has 2 saturated heterocycles. The lowest BCUT2D eigenvalue weighted by Crippen LogP contribution is -2.16. The van der Waals surface area contributed by atoms with E-state index in [1.54, 1.807) is 0 Å². The molecular weight excluding hydrogens is 232 g/mol. The van der Waals surface area contributed by atoms with Crippen molar-refractivity contribution in [2.45, 2.75) is 25.0 Å². The van der Waals surface area contributed by atoms with Crippen LogP contribution in [0.3, 0.4) is 0 Å². The van der Waals surface area contributed by atoms with Gasteiger partial charge in [0.15, 0.2) is 11.5 Å². The minimum Gasteiger partial charge on any atom is -0.487 e. The Morgan fingerprint density at radius 2 is 1.67 bits per heavy atom. The van der Waals surface area contributed by atoms with E-state index in [-0.39, 0.29) is 12.2 Å². The fourth-order valence-corrected chi connectivity index (χ4v) is 1.99. The molecule has 2 aliphatic rings. The molecule has 1 aromatic carbocycles. The third kappa shape index (κ3) is 3.15. The van der Waals surface area contributed by atoms with E-state index in [0.717, 1.165) is 37.6 Å². The molecule has 0 amide bonds. The van der Waals surface area contributed by atoms with Gasteiger partial charge in [-0.2, -0.15) is 0 Å². The summed E-state index contributed by atoms with van der Waals surface area (Å²) in [6.07, 6.45) is 2.70. The van der Waals surface area contributed by atoms with Crippen molar-refractivity contribution >= 4 is 0 Å². The Kier molecular flexibility index (Phi) is 3.67. The van der Waals surface area contributed by atoms with Crippen LogP contribution in [0.25, 0.3) is 0 Å². The van der Waals surface area contributed by atoms with Crippen LogP contribution in [0.15, 0.2) is 24.3 Å². The van der Waals surface area contributed by atoms with E-state index in [2.05, 4.69) is 0 Å². The van der Waals surface area contributed by atoms with Gasteiger partial charge in [-0.15, -0.1) is 0 Å². The van der Waals surface area contributed by atoms with Crippen molar-refractivity contribution in [2.75, 3.05) is 26.4 Å². The van der Waals surface area contributed by atoms with Gasteiger partial charge in [-0.05, 0) is 25.0 Å². The number of hydrogen-bond donors (Lipinski definition) is 0. The summed E-state index contributed by atoms with van der Waals surface area (Å²) in [5.74, 6) is 1.57. The van der Waals surface area contributed by atoms with Crippen molar-refractivity contribution in [2.24, 2.45) is 0 Å². The maximum atomic E-state index is 5.78. The molecule has 2 aliphatic heterocycles. The smallest absolute Gasteiger partial charge is 0.161 e. The molecule has 3 rings (SSSR count). The molecule has 98 valence electrons. The minimum absolute atomic E-state index is 0.227. The van der Waals surface area contributed by atoms with Gasteiger partial charge in [0.05, 0.1) is 12.7 Å². The van der Waals surface area contributed by atoms with Gasteiger partial charge >= 0.3 is 0 Å². The normalized spacial score (nSPS) is 26.0. The van der Waals surface area contributed by atoms with Crippen molar-refractivity contribution in [3.63, 3.8) is 0 Å². The van der Waals surface area contributed by atoms with Crippen LogP contribution in [0, 0.1) is 0 Å². The zero-order chi connectivity index (χ0) is 12.2. The van der Waals surface area contributed by atoms with Crippen molar-refractivity contribution in [3.8, 4) is 11.5 Å². The summed E-state index contributed by atoms with van der Waals surface area (Å²) >= 11 is 0. The lowest BCUT2D eigenvalue weighted by atomic mass is 10.2. The molecule has 0 spiro atoms. The highest BCUT2D eigenvalue weighted by Gasteiger charge is 2.24. The lowest BCUT2D eigenvalue weighted by Gasteiger charge is -2.14. The average Bonchev–Trinajstić information content (AvgIpc) is 3.09. The Morgan fingerprint density at radius 1 is 1.00 bits per heavy atom. The molecule has 4 nitrogen and oxygen atoms in total. The van der Waals surface area contributed by atoms with E-state index < -0.39 is 0 Å². The molecule has 2 heterocycles. The summed E-state index contributed by atoms with van der Waals surface area (Å²) in [6.45, 7) is 2.85. The summed E-state index contributed by atoms with van der Waals surface area (Å²) in [4.78, 5) is 0. The van der Waals surface area contributed by atoms with Crippen LogP contribution in [-0.4, -0.2) is 38.6 Å². The van der Waals surface area contributed by atoms with Crippen molar-refractivity contribution < 1.29 is 18.9 Å². The van der Waals surface area contributed by atoms with Gasteiger partial charge in [-0.3, -0.25) is 0 Å². The molecule has 1 aromatic rings. The maximum Gasteiger partial charge on any atom is 0.161 e. The number of epoxide rings is 1. The number of ether oxygens (including phenoxy) is 4. The second-order valence-corrected chi connectivity index (χ2v) is 4.66. The molecule has 0 N–H and O–H groups in total. The predicted molar refractivity (Wildman–Crippen MR) is 66.1 cm³/mol. The molecule has 2 unspecified atom stereocenters. The third-order valence-corrected chi connectivity index (χ3v) is 3.12. The molecule has 0 saturated carbocycles. The van der Waals surface area contributed by atoms with E-state index in [1.165, 1.54) is 0 Å². The van der Waals surface area contributed by atoms with Crippen LogP contribution in [0.1, 0.15) is 12.8 Å². The highest BCUT2D eigenvalue weighted by atomic mass is 16.6. The Balaban J connectivity index is 1.55. The van der Waals surface area contributed by atoms with Gasteiger partial charge in [0.1, 0.15) is 19.3 Å². The monoisotopic (exact) mass is 250 g/mol. The zero-order valence-corrected chi connectivity index (χ0v) is 10.3. The van der Waals surface area contributed by atoms with Gasteiger partial charge in [-0.25, -0.2) is 0 Å². The van der Waals surface area contributed by atoms with E-state index >= 15 is 0 Å². The first-order valence-electron chi connectivity index (χ1n) is 6.49. The standard InChI is InChI=1S/C14H18O4/c1-2-6-14(18-10-12-9-16-12)13(5-1)17-8-11-4-3-7-15-11/h1-2,5-6,11-12H,3-4,7-10H2. The SMILES string of the molecule is c1ccc(OCC2CO2)c(OCC2CCCO2)c1. The second kappa shape index (κ2) is 5.59. The van der Waals surface area contributed by atoms with Gasteiger partial charge in [0, 0.05) is 6.61 Å². The van der Waals surface area contributed by atoms with E-state index in [0.29, 0.717) is 13.2 Å². The zero-order valence-electron chi connectivity index (χ0n) is 10.3. The van der Waals surface area contributed by atoms with Gasteiger partial charge < -0.3 is 18.9 Å². The Hall–Kier alpha value is -1.26. The maximum absolute atomic E-state index is 5.78. The first-order chi connectivity index (χ1) is 8.92. The van der Waals surface area contributed by atoms with Crippen LogP contribution >= 0.6 is 0 Å². The molecule has 2 fully saturated rings. The number of para-hydroxylation sites is 2. The number of rotatable bonds is 6. The fraction of sp³-hybridized carbons (Fsp3) is 0.571. The highest BCUT2D eigenvalue weighted by molar-refractivity contribution is 5.39. The molecular formula is C14H18O4. The quantitative estimate of drug-likeness (QED) is 0.724. The van der Waals surface area contributed by atoms with Crippen LogP contribution in [0.4, 0.5) is 0 Å². The number of hydrogen-bond acceptors (Lipinski definition) is 4. The third-order valence-electron chi connectivity index (χ3n) is 3.12. The van der Waals surface area contributed by atoms with Crippen molar-refractivity contribution in [3.05, 3.63) is 24.3 Å². The lowest BCUT2D eigenvalue weighted by molar-refractivity contribution is 0.0665. The van der Waals surface area contributed by atoms with E-state index in [9.17, 15) is 0 Å². The summed E-state index contributed by atoms with van der Waals surface area (Å²) in [5, 5.41) is 0. The van der Waals surface area contributed by atoms with Crippen LogP contribution in [-0.2, 0) is 9.47 Å². The Morgan fingerprint density at radius 3 is 2.22 bits per heavy atom. The molecule has 0 radical (unpaired) electrons. The molecule has 0 aliphatic carbocycles. The molecule has 2 atom stereocenters. The van der Waals surface area contributed by atoms with E-state index in [4.69, 9.17) is 18.9 Å². The minimum atomic E-state index is 0.227. The second-order valence-electron chi connectivity index (χ2n) is 4.66. The van der Waals surface area contributed by atoms with Gasteiger partial charge in [0.25, 0.3) is 0 Å². The Bertz CT molecular complexity index is 383. The highest BCUT2D eigenvalue weighted by Crippen LogP contribution is 2.28. The first kappa shape index (κ1) is 11.8. The molecule has 4 heteroatoms. The van der Waals surface area contributed by atoms with Crippen LogP contribution in [0.2, 0.25) is 0 Å². The van der Waals surface area contributed by atoms with Crippen LogP contribution < -0.4 is 9.47 Å². The van der Waals surface area contributed by atoms with Gasteiger partial charge in [0.2, 0.25) is 0 Å². The van der Waals surface area contributed by atoms with Crippen molar-refractivity contribution in [1.82, 2.24) is 0 Å². The molecule has 18 heavy (non-hydrogen) atoms. The predicted octanol–water partition coefficient (Wildman–Crippen LogP) is 2.02. The molecule has 0 bridgehead atoms.